The molecule has 288 valence electrons. The van der Waals surface area contributed by atoms with Gasteiger partial charge in [0.05, 0.1) is 45.2 Å². The largest absolute Gasteiger partial charge is 0.477 e. The predicted octanol–water partition coefficient (Wildman–Crippen LogP) is 0.626. The van der Waals surface area contributed by atoms with Crippen LogP contribution in [-0.2, 0) is 57.8 Å². The molecule has 7 N–H and O–H groups in total. The minimum absolute atomic E-state index is 0.0299. The average molecular weight is 742 g/mol. The van der Waals surface area contributed by atoms with Crippen molar-refractivity contribution in [3.8, 4) is 0 Å². The Morgan fingerprint density at radius 3 is 1.92 bits per heavy atom. The molecule has 2 saturated heterocycles. The minimum atomic E-state index is -2.80. The second-order valence-electron chi connectivity index (χ2n) is 13.1. The Bertz CT molecular complexity index is 1570. The van der Waals surface area contributed by atoms with Crippen LogP contribution in [0.25, 0.3) is 0 Å². The Hall–Kier alpha value is -3.84. The maximum absolute atomic E-state index is 13.2. The molecule has 1 amide bonds. The number of ether oxygens (including phenoxy) is 6. The molecule has 0 aliphatic carbocycles. The molecule has 2 heterocycles. The molecule has 2 aliphatic rings. The molecule has 0 radical (unpaired) electrons. The number of amides is 1. The number of hydrogen-bond acceptors (Lipinski definition) is 13. The standard InChI is InChI=1S/C38H47NO14/c1-23(41)39-30-27(42)17-38(37(46)47,52-33(30)31(44)28(43)18-40)53-34-32(45)29(22-48-19-24-11-5-2-6-12-24)51-36(50-21-26-15-9-4-10-16-26)35(34)49-20-25-13-7-3-8-14-25/h2-16,27-36,40,42-45H,17-22H2,1H3,(H,39,41)(H,46,47). The zero-order valence-corrected chi connectivity index (χ0v) is 29.1. The van der Waals surface area contributed by atoms with Crippen molar-refractivity contribution in [2.45, 2.75) is 100 Å². The molecule has 0 spiro atoms. The fraction of sp³-hybridized carbons (Fsp3) is 0.474. The van der Waals surface area contributed by atoms with Gasteiger partial charge in [0.25, 0.3) is 5.79 Å². The lowest BCUT2D eigenvalue weighted by molar-refractivity contribution is -0.376. The quantitative estimate of drug-likeness (QED) is 0.101. The van der Waals surface area contributed by atoms with Gasteiger partial charge in [-0.2, -0.15) is 0 Å². The number of aliphatic carboxylic acids is 1. The van der Waals surface area contributed by atoms with Crippen LogP contribution in [0.15, 0.2) is 91.0 Å². The van der Waals surface area contributed by atoms with E-state index in [0.717, 1.165) is 23.6 Å². The van der Waals surface area contributed by atoms with E-state index in [2.05, 4.69) is 5.32 Å². The fourth-order valence-electron chi connectivity index (χ4n) is 6.33. The van der Waals surface area contributed by atoms with Crippen LogP contribution in [0.2, 0.25) is 0 Å². The summed E-state index contributed by atoms with van der Waals surface area (Å²) in [7, 11) is 0. The smallest absolute Gasteiger partial charge is 0.364 e. The van der Waals surface area contributed by atoms with Gasteiger partial charge in [0, 0.05) is 13.3 Å². The summed E-state index contributed by atoms with van der Waals surface area (Å²) in [6, 6.07) is 26.0. The van der Waals surface area contributed by atoms with E-state index in [9.17, 15) is 40.2 Å². The molecule has 2 fully saturated rings. The lowest BCUT2D eigenvalue weighted by Crippen LogP contribution is -2.70. The number of carboxylic acids is 1. The molecule has 5 rings (SSSR count). The monoisotopic (exact) mass is 741 g/mol. The first-order chi connectivity index (χ1) is 25.5. The Morgan fingerprint density at radius 1 is 0.849 bits per heavy atom. The predicted molar refractivity (Wildman–Crippen MR) is 184 cm³/mol. The van der Waals surface area contributed by atoms with E-state index in [4.69, 9.17) is 28.4 Å². The van der Waals surface area contributed by atoms with E-state index < -0.39 is 91.9 Å². The van der Waals surface area contributed by atoms with Crippen LogP contribution in [0.5, 0.6) is 0 Å². The molecular weight excluding hydrogens is 694 g/mol. The van der Waals surface area contributed by atoms with Gasteiger partial charge < -0.3 is 64.4 Å². The molecule has 15 heteroatoms. The van der Waals surface area contributed by atoms with E-state index in [-0.39, 0.29) is 26.4 Å². The number of rotatable bonds is 17. The van der Waals surface area contributed by atoms with Crippen LogP contribution >= 0.6 is 0 Å². The van der Waals surface area contributed by atoms with Crippen molar-refractivity contribution < 1.29 is 68.6 Å². The Kier molecular flexibility index (Phi) is 14.4. The third-order valence-corrected chi connectivity index (χ3v) is 9.07. The molecule has 0 bridgehead atoms. The van der Waals surface area contributed by atoms with E-state index in [1.165, 1.54) is 0 Å². The second-order valence-corrected chi connectivity index (χ2v) is 13.1. The molecule has 11 unspecified atom stereocenters. The summed E-state index contributed by atoms with van der Waals surface area (Å²) in [5, 5.41) is 67.1. The lowest BCUT2D eigenvalue weighted by Gasteiger charge is -2.50. The summed E-state index contributed by atoms with van der Waals surface area (Å²) in [6.45, 7) is 0.141. The second kappa shape index (κ2) is 19.0. The van der Waals surface area contributed by atoms with Crippen molar-refractivity contribution in [1.82, 2.24) is 5.32 Å². The van der Waals surface area contributed by atoms with Crippen LogP contribution < -0.4 is 5.32 Å². The molecule has 3 aromatic rings. The first kappa shape index (κ1) is 40.3. The van der Waals surface area contributed by atoms with Crippen LogP contribution in [-0.4, -0.2) is 123 Å². The first-order valence-corrected chi connectivity index (χ1v) is 17.3. The van der Waals surface area contributed by atoms with E-state index in [0.29, 0.717) is 0 Å². The highest BCUT2D eigenvalue weighted by atomic mass is 16.8. The van der Waals surface area contributed by atoms with E-state index >= 15 is 0 Å². The molecule has 0 aromatic heterocycles. The highest BCUT2D eigenvalue weighted by Crippen LogP contribution is 2.38. The summed E-state index contributed by atoms with van der Waals surface area (Å²) in [4.78, 5) is 25.2. The van der Waals surface area contributed by atoms with Gasteiger partial charge in [0.1, 0.15) is 42.7 Å². The minimum Gasteiger partial charge on any atom is -0.477 e. The zero-order valence-electron chi connectivity index (χ0n) is 29.1. The summed E-state index contributed by atoms with van der Waals surface area (Å²) >= 11 is 0. The molecule has 2 aliphatic heterocycles. The van der Waals surface area contributed by atoms with Crippen LogP contribution in [0.1, 0.15) is 30.0 Å². The molecule has 53 heavy (non-hydrogen) atoms. The number of aliphatic hydroxyl groups excluding tert-OH is 5. The van der Waals surface area contributed by atoms with Gasteiger partial charge in [-0.3, -0.25) is 4.79 Å². The topological polar surface area (TPSA) is 223 Å². The first-order valence-electron chi connectivity index (χ1n) is 17.3. The van der Waals surface area contributed by atoms with Crippen molar-refractivity contribution in [1.29, 1.82) is 0 Å². The van der Waals surface area contributed by atoms with Crippen molar-refractivity contribution in [3.05, 3.63) is 108 Å². The number of aliphatic hydroxyl groups is 5. The number of carboxylic acid groups (broad SMARTS) is 1. The van der Waals surface area contributed by atoms with Crippen molar-refractivity contribution >= 4 is 11.9 Å². The third kappa shape index (κ3) is 10.4. The maximum atomic E-state index is 13.2. The molecular formula is C38H47NO14. The van der Waals surface area contributed by atoms with Crippen LogP contribution in [0.3, 0.4) is 0 Å². The molecule has 3 aromatic carbocycles. The van der Waals surface area contributed by atoms with Gasteiger partial charge in [0.15, 0.2) is 6.29 Å². The van der Waals surface area contributed by atoms with E-state index in [1.54, 1.807) is 24.3 Å². The number of hydrogen-bond donors (Lipinski definition) is 7. The van der Waals surface area contributed by atoms with Gasteiger partial charge >= 0.3 is 5.97 Å². The van der Waals surface area contributed by atoms with Crippen molar-refractivity contribution in [3.63, 3.8) is 0 Å². The molecule has 0 saturated carbocycles. The Balaban J connectivity index is 1.50. The number of carbonyl (C=O) groups is 2. The summed E-state index contributed by atoms with van der Waals surface area (Å²) < 4.78 is 36.9. The lowest BCUT2D eigenvalue weighted by atomic mass is 9.88. The van der Waals surface area contributed by atoms with Crippen molar-refractivity contribution in [2.24, 2.45) is 0 Å². The van der Waals surface area contributed by atoms with Gasteiger partial charge in [0.2, 0.25) is 5.91 Å². The Morgan fingerprint density at radius 2 is 1.40 bits per heavy atom. The zero-order chi connectivity index (χ0) is 38.0. The van der Waals surface area contributed by atoms with Gasteiger partial charge in [-0.1, -0.05) is 91.0 Å². The number of carbonyl (C=O) groups excluding carboxylic acids is 1. The summed E-state index contributed by atoms with van der Waals surface area (Å²) in [5.41, 5.74) is 2.36. The SMILES string of the molecule is CC(=O)NC1C(O)CC(OC2C(O)C(COCc3ccccc3)OC(OCc3ccccc3)C2OCc2ccccc2)(C(=O)O)OC1C(O)C(O)CO. The van der Waals surface area contributed by atoms with Gasteiger partial charge in [-0.25, -0.2) is 4.79 Å². The molecule has 11 atom stereocenters. The summed E-state index contributed by atoms with van der Waals surface area (Å²) in [6.07, 6.45) is -15.2. The van der Waals surface area contributed by atoms with Gasteiger partial charge in [-0.15, -0.1) is 0 Å². The van der Waals surface area contributed by atoms with Gasteiger partial charge in [-0.05, 0) is 16.7 Å². The van der Waals surface area contributed by atoms with Crippen LogP contribution in [0.4, 0.5) is 0 Å². The third-order valence-electron chi connectivity index (χ3n) is 9.07. The normalized spacial score (nSPS) is 29.9. The molecule has 15 nitrogen and oxygen atoms in total. The maximum Gasteiger partial charge on any atom is 0.364 e. The Labute approximate surface area is 306 Å². The fourth-order valence-corrected chi connectivity index (χ4v) is 6.33. The number of benzene rings is 3. The van der Waals surface area contributed by atoms with Crippen LogP contribution in [0, 0.1) is 0 Å². The highest BCUT2D eigenvalue weighted by Gasteiger charge is 2.60. The van der Waals surface area contributed by atoms with Crippen molar-refractivity contribution in [2.75, 3.05) is 13.2 Å². The summed E-state index contributed by atoms with van der Waals surface area (Å²) in [5.74, 6) is -5.21. The highest BCUT2D eigenvalue weighted by molar-refractivity contribution is 5.76. The number of nitrogens with one attached hydrogen (secondary N) is 1. The van der Waals surface area contributed by atoms with E-state index in [1.807, 2.05) is 66.7 Å². The average Bonchev–Trinajstić information content (AvgIpc) is 3.16.